The van der Waals surface area contributed by atoms with E-state index in [2.05, 4.69) is 4.98 Å². The molecule has 1 fully saturated rings. The average molecular weight is 153 g/mol. The van der Waals surface area contributed by atoms with E-state index in [9.17, 15) is 0 Å². The molecule has 3 heteroatoms. The second-order valence-electron chi connectivity index (χ2n) is 3.16. The highest BCUT2D eigenvalue weighted by atomic mass is 16.3. The second-order valence-corrected chi connectivity index (χ2v) is 3.16. The van der Waals surface area contributed by atoms with Gasteiger partial charge in [-0.2, -0.15) is 0 Å². The maximum Gasteiger partial charge on any atom is 0.180 e. The van der Waals surface area contributed by atoms with Gasteiger partial charge in [-0.05, 0) is 12.8 Å². The first-order chi connectivity index (χ1) is 5.37. The van der Waals surface area contributed by atoms with Crippen molar-refractivity contribution in [3.63, 3.8) is 0 Å². The van der Waals surface area contributed by atoms with Gasteiger partial charge in [0.05, 0.1) is 18.2 Å². The van der Waals surface area contributed by atoms with E-state index in [0.29, 0.717) is 0 Å². The zero-order valence-corrected chi connectivity index (χ0v) is 6.29. The van der Waals surface area contributed by atoms with Gasteiger partial charge in [0.25, 0.3) is 0 Å². The molecule has 2 rings (SSSR count). The van der Waals surface area contributed by atoms with Crippen LogP contribution in [-0.4, -0.2) is 16.7 Å². The van der Waals surface area contributed by atoms with Crippen molar-refractivity contribution in [1.82, 2.24) is 4.98 Å². The molecule has 1 saturated carbocycles. The van der Waals surface area contributed by atoms with E-state index in [-0.39, 0.29) is 12.0 Å². The van der Waals surface area contributed by atoms with Gasteiger partial charge in [-0.3, -0.25) is 0 Å². The SMILES string of the molecule is OCC1(c2cnco2)CCC1. The van der Waals surface area contributed by atoms with E-state index >= 15 is 0 Å². The number of nitrogens with zero attached hydrogens (tertiary/aromatic N) is 1. The van der Waals surface area contributed by atoms with E-state index in [4.69, 9.17) is 9.52 Å². The maximum atomic E-state index is 9.12. The van der Waals surface area contributed by atoms with Crippen molar-refractivity contribution in [2.75, 3.05) is 6.61 Å². The summed E-state index contributed by atoms with van der Waals surface area (Å²) < 4.78 is 5.16. The van der Waals surface area contributed by atoms with Crippen molar-refractivity contribution in [2.45, 2.75) is 24.7 Å². The lowest BCUT2D eigenvalue weighted by Gasteiger charge is -2.37. The molecule has 1 N–H and O–H groups in total. The zero-order chi connectivity index (χ0) is 7.73. The van der Waals surface area contributed by atoms with E-state index in [1.165, 1.54) is 12.8 Å². The highest BCUT2D eigenvalue weighted by Gasteiger charge is 2.40. The number of oxazole rings is 1. The Balaban J connectivity index is 2.25. The molecule has 0 atom stereocenters. The van der Waals surface area contributed by atoms with E-state index < -0.39 is 0 Å². The molecule has 0 aliphatic heterocycles. The zero-order valence-electron chi connectivity index (χ0n) is 6.29. The second kappa shape index (κ2) is 2.34. The minimum absolute atomic E-state index is 0.0868. The Kier molecular flexibility index (Phi) is 1.46. The third-order valence-corrected chi connectivity index (χ3v) is 2.57. The fourth-order valence-electron chi connectivity index (χ4n) is 1.56. The van der Waals surface area contributed by atoms with Crippen LogP contribution in [0.5, 0.6) is 0 Å². The molecule has 0 spiro atoms. The Morgan fingerprint density at radius 2 is 2.45 bits per heavy atom. The molecule has 1 heterocycles. The van der Waals surface area contributed by atoms with Crippen molar-refractivity contribution < 1.29 is 9.52 Å². The van der Waals surface area contributed by atoms with Gasteiger partial charge in [-0.1, -0.05) is 6.42 Å². The third-order valence-electron chi connectivity index (χ3n) is 2.57. The quantitative estimate of drug-likeness (QED) is 0.691. The topological polar surface area (TPSA) is 46.3 Å². The van der Waals surface area contributed by atoms with Crippen molar-refractivity contribution in [1.29, 1.82) is 0 Å². The van der Waals surface area contributed by atoms with Crippen LogP contribution in [0.4, 0.5) is 0 Å². The molecule has 0 bridgehead atoms. The minimum atomic E-state index is -0.0868. The largest absolute Gasteiger partial charge is 0.448 e. The lowest BCUT2D eigenvalue weighted by molar-refractivity contribution is 0.0986. The third kappa shape index (κ3) is 0.878. The summed E-state index contributed by atoms with van der Waals surface area (Å²) in [4.78, 5) is 3.84. The number of hydrogen-bond donors (Lipinski definition) is 1. The van der Waals surface area contributed by atoms with Gasteiger partial charge in [-0.25, -0.2) is 4.98 Å². The van der Waals surface area contributed by atoms with Crippen LogP contribution in [0.2, 0.25) is 0 Å². The van der Waals surface area contributed by atoms with Crippen LogP contribution >= 0.6 is 0 Å². The van der Waals surface area contributed by atoms with Crippen molar-refractivity contribution in [3.05, 3.63) is 18.4 Å². The molecule has 1 aliphatic rings. The fraction of sp³-hybridized carbons (Fsp3) is 0.625. The first kappa shape index (κ1) is 6.85. The van der Waals surface area contributed by atoms with Crippen LogP contribution in [0.3, 0.4) is 0 Å². The summed E-state index contributed by atoms with van der Waals surface area (Å²) in [5.41, 5.74) is -0.0868. The van der Waals surface area contributed by atoms with Crippen LogP contribution in [0, 0.1) is 0 Å². The van der Waals surface area contributed by atoms with E-state index in [0.717, 1.165) is 18.6 Å². The van der Waals surface area contributed by atoms with Gasteiger partial charge in [0.15, 0.2) is 6.39 Å². The molecule has 1 aromatic rings. The Morgan fingerprint density at radius 3 is 2.82 bits per heavy atom. The lowest BCUT2D eigenvalue weighted by atomic mass is 9.68. The van der Waals surface area contributed by atoms with Crippen molar-refractivity contribution in [3.8, 4) is 0 Å². The van der Waals surface area contributed by atoms with Crippen LogP contribution in [-0.2, 0) is 5.41 Å². The summed E-state index contributed by atoms with van der Waals surface area (Å²) in [7, 11) is 0. The van der Waals surface area contributed by atoms with Gasteiger partial charge in [0.1, 0.15) is 5.76 Å². The number of aliphatic hydroxyl groups is 1. The summed E-state index contributed by atoms with van der Waals surface area (Å²) in [6.45, 7) is 0.183. The Bertz CT molecular complexity index is 221. The van der Waals surface area contributed by atoms with Gasteiger partial charge in [0.2, 0.25) is 0 Å². The summed E-state index contributed by atoms with van der Waals surface area (Å²) in [6, 6.07) is 0. The molecule has 0 radical (unpaired) electrons. The average Bonchev–Trinajstić information content (AvgIpc) is 2.39. The monoisotopic (exact) mass is 153 g/mol. The highest BCUT2D eigenvalue weighted by Crippen LogP contribution is 2.42. The highest BCUT2D eigenvalue weighted by molar-refractivity contribution is 5.14. The molecular weight excluding hydrogens is 142 g/mol. The molecule has 1 aromatic heterocycles. The maximum absolute atomic E-state index is 9.12. The number of hydrogen-bond acceptors (Lipinski definition) is 3. The summed E-state index contributed by atoms with van der Waals surface area (Å²) >= 11 is 0. The molecule has 0 amide bonds. The first-order valence-corrected chi connectivity index (χ1v) is 3.87. The number of aliphatic hydroxyl groups excluding tert-OH is 1. The lowest BCUT2D eigenvalue weighted by Crippen LogP contribution is -2.37. The van der Waals surface area contributed by atoms with E-state index in [1.807, 2.05) is 0 Å². The molecule has 11 heavy (non-hydrogen) atoms. The molecule has 0 aromatic carbocycles. The minimum Gasteiger partial charge on any atom is -0.448 e. The molecule has 3 nitrogen and oxygen atoms in total. The van der Waals surface area contributed by atoms with E-state index in [1.54, 1.807) is 6.20 Å². The predicted octanol–water partition coefficient (Wildman–Crippen LogP) is 1.09. The summed E-state index contributed by atoms with van der Waals surface area (Å²) in [5.74, 6) is 0.839. The van der Waals surface area contributed by atoms with Gasteiger partial charge < -0.3 is 9.52 Å². The number of aromatic nitrogens is 1. The summed E-state index contributed by atoms with van der Waals surface area (Å²) in [5, 5.41) is 9.12. The predicted molar refractivity (Wildman–Crippen MR) is 39.1 cm³/mol. The van der Waals surface area contributed by atoms with Crippen LogP contribution in [0.1, 0.15) is 25.0 Å². The van der Waals surface area contributed by atoms with Crippen molar-refractivity contribution >= 4 is 0 Å². The normalized spacial score (nSPS) is 21.2. The summed E-state index contributed by atoms with van der Waals surface area (Å²) in [6.07, 6.45) is 6.36. The molecule has 0 unspecified atom stereocenters. The first-order valence-electron chi connectivity index (χ1n) is 3.87. The molecular formula is C8H11NO2. The standard InChI is InChI=1S/C8H11NO2/c10-5-8(2-1-3-8)7-4-9-6-11-7/h4,6,10H,1-3,5H2. The number of rotatable bonds is 2. The molecule has 0 saturated heterocycles. The van der Waals surface area contributed by atoms with Crippen LogP contribution in [0.15, 0.2) is 17.0 Å². The Hall–Kier alpha value is -0.830. The fourth-order valence-corrected chi connectivity index (χ4v) is 1.56. The van der Waals surface area contributed by atoms with Crippen molar-refractivity contribution in [2.24, 2.45) is 0 Å². The molecule has 1 aliphatic carbocycles. The molecule has 60 valence electrons. The Labute approximate surface area is 65.1 Å². The van der Waals surface area contributed by atoms with Gasteiger partial charge in [-0.15, -0.1) is 0 Å². The smallest absolute Gasteiger partial charge is 0.180 e. The van der Waals surface area contributed by atoms with Gasteiger partial charge in [0, 0.05) is 0 Å². The van der Waals surface area contributed by atoms with Gasteiger partial charge >= 0.3 is 0 Å². The Morgan fingerprint density at radius 1 is 1.64 bits per heavy atom. The van der Waals surface area contributed by atoms with Crippen LogP contribution in [0.25, 0.3) is 0 Å². The van der Waals surface area contributed by atoms with Crippen LogP contribution < -0.4 is 0 Å².